The van der Waals surface area contributed by atoms with Gasteiger partial charge in [-0.15, -0.1) is 10.2 Å². The molecular weight excluding hydrogens is 456 g/mol. The minimum absolute atomic E-state index is 0.000518. The van der Waals surface area contributed by atoms with Crippen LogP contribution < -0.4 is 0 Å². The predicted octanol–water partition coefficient (Wildman–Crippen LogP) is 7.52. The maximum atomic E-state index is 12.7. The maximum Gasteiger partial charge on any atom is 0.416 e. The van der Waals surface area contributed by atoms with E-state index in [2.05, 4.69) is 15.2 Å². The van der Waals surface area contributed by atoms with E-state index >= 15 is 0 Å². The molecule has 4 rings (SSSR count). The van der Waals surface area contributed by atoms with Crippen LogP contribution in [0.15, 0.2) is 79.1 Å². The molecule has 0 aliphatic rings. The number of aromatic amines is 1. The zero-order valence-corrected chi connectivity index (χ0v) is 16.8. The molecule has 0 aliphatic carbocycles. The summed E-state index contributed by atoms with van der Waals surface area (Å²) in [6, 6.07) is 13.8. The van der Waals surface area contributed by atoms with Crippen LogP contribution in [0.4, 0.5) is 26.3 Å². The Morgan fingerprint density at radius 3 is 1.53 bits per heavy atom. The number of rotatable bonds is 2. The molecule has 0 amide bonds. The Labute approximate surface area is 183 Å². The van der Waals surface area contributed by atoms with Crippen LogP contribution in [0.25, 0.3) is 22.4 Å². The van der Waals surface area contributed by atoms with Crippen molar-refractivity contribution in [1.82, 2.24) is 15.2 Å². The highest BCUT2D eigenvalue weighted by Gasteiger charge is 2.31. The Bertz CT molecular complexity index is 1120. The number of nitrogens with one attached hydrogen (secondary N) is 1. The zero-order valence-electron chi connectivity index (χ0n) is 16.0. The lowest BCUT2D eigenvalue weighted by Gasteiger charge is -2.12. The summed E-state index contributed by atoms with van der Waals surface area (Å²) in [5.41, 5.74) is -0.409. The molecule has 0 saturated heterocycles. The van der Waals surface area contributed by atoms with Crippen LogP contribution in [-0.2, 0) is 12.4 Å². The van der Waals surface area contributed by atoms with E-state index in [1.54, 1.807) is 0 Å². The summed E-state index contributed by atoms with van der Waals surface area (Å²) in [5.74, 6) is 0. The summed E-state index contributed by atoms with van der Waals surface area (Å²) in [6.45, 7) is 0. The summed E-state index contributed by atoms with van der Waals surface area (Å²) < 4.78 is 76.3. The summed E-state index contributed by atoms with van der Waals surface area (Å²) in [5, 5.41) is 7.59. The minimum Gasteiger partial charge on any atom is -0.368 e. The summed E-state index contributed by atoms with van der Waals surface area (Å²) >= 11 is 5.84. The van der Waals surface area contributed by atoms with Gasteiger partial charge in [-0.3, -0.25) is 0 Å². The van der Waals surface area contributed by atoms with Crippen LogP contribution >= 0.6 is 11.6 Å². The van der Waals surface area contributed by atoms with Gasteiger partial charge in [0.15, 0.2) is 5.15 Å². The third-order valence-corrected chi connectivity index (χ3v) is 4.45. The molecule has 2 aromatic heterocycles. The molecule has 0 saturated carbocycles. The van der Waals surface area contributed by atoms with Crippen molar-refractivity contribution in [1.29, 1.82) is 0 Å². The molecule has 0 unspecified atom stereocenters. The van der Waals surface area contributed by atoms with E-state index in [0.29, 0.717) is 16.7 Å². The van der Waals surface area contributed by atoms with Crippen LogP contribution in [0, 0.1) is 0 Å². The Balaban J connectivity index is 0.000000509. The normalized spacial score (nSPS) is 11.6. The van der Waals surface area contributed by atoms with Gasteiger partial charge in [-0.2, -0.15) is 26.3 Å². The van der Waals surface area contributed by atoms with E-state index in [9.17, 15) is 26.3 Å². The number of alkyl halides is 6. The molecule has 166 valence electrons. The van der Waals surface area contributed by atoms with E-state index < -0.39 is 23.5 Å². The van der Waals surface area contributed by atoms with Crippen LogP contribution in [-0.4, -0.2) is 15.2 Å². The molecule has 2 heterocycles. The van der Waals surface area contributed by atoms with Gasteiger partial charge >= 0.3 is 12.4 Å². The van der Waals surface area contributed by atoms with Crippen molar-refractivity contribution in [3.05, 3.63) is 95.4 Å². The van der Waals surface area contributed by atoms with Gasteiger partial charge in [0.05, 0.1) is 11.1 Å². The lowest BCUT2D eigenvalue weighted by molar-refractivity contribution is -0.138. The van der Waals surface area contributed by atoms with Crippen molar-refractivity contribution in [3.63, 3.8) is 0 Å². The van der Waals surface area contributed by atoms with E-state index in [1.165, 1.54) is 30.3 Å². The summed E-state index contributed by atoms with van der Waals surface area (Å²) in [7, 11) is 0. The second-order valence-electron chi connectivity index (χ2n) is 6.46. The van der Waals surface area contributed by atoms with E-state index in [4.69, 9.17) is 11.6 Å². The second-order valence-corrected chi connectivity index (χ2v) is 6.85. The van der Waals surface area contributed by atoms with Gasteiger partial charge < -0.3 is 4.98 Å². The fourth-order valence-corrected chi connectivity index (χ4v) is 2.88. The van der Waals surface area contributed by atoms with Gasteiger partial charge in [-0.1, -0.05) is 35.9 Å². The number of hydrogen-bond donors (Lipinski definition) is 1. The molecule has 10 heteroatoms. The van der Waals surface area contributed by atoms with Crippen LogP contribution in [0.3, 0.4) is 0 Å². The van der Waals surface area contributed by atoms with E-state index in [-0.39, 0.29) is 10.8 Å². The smallest absolute Gasteiger partial charge is 0.368 e. The fraction of sp³-hybridized carbons (Fsp3) is 0.0909. The number of benzene rings is 2. The molecule has 0 spiro atoms. The van der Waals surface area contributed by atoms with Crippen molar-refractivity contribution in [2.75, 3.05) is 0 Å². The highest BCUT2D eigenvalue weighted by Crippen LogP contribution is 2.36. The van der Waals surface area contributed by atoms with Gasteiger partial charge in [0.25, 0.3) is 0 Å². The maximum absolute atomic E-state index is 12.7. The third-order valence-electron chi connectivity index (χ3n) is 4.27. The topological polar surface area (TPSA) is 41.6 Å². The van der Waals surface area contributed by atoms with E-state index in [1.807, 2.05) is 24.5 Å². The van der Waals surface area contributed by atoms with Crippen LogP contribution in [0.1, 0.15) is 11.1 Å². The molecule has 0 bridgehead atoms. The molecular formula is C22H14ClF6N3. The first kappa shape index (κ1) is 23.3. The monoisotopic (exact) mass is 469 g/mol. The molecule has 2 aromatic carbocycles. The molecule has 0 fully saturated rings. The number of nitrogens with zero attached hydrogens (tertiary/aromatic N) is 2. The lowest BCUT2D eigenvalue weighted by atomic mass is 9.98. The average molecular weight is 470 g/mol. The minimum atomic E-state index is -4.49. The highest BCUT2D eigenvalue weighted by molar-refractivity contribution is 6.29. The average Bonchev–Trinajstić information content (AvgIpc) is 3.33. The predicted molar refractivity (Wildman–Crippen MR) is 109 cm³/mol. The van der Waals surface area contributed by atoms with Gasteiger partial charge in [-0.05, 0) is 48.0 Å². The van der Waals surface area contributed by atoms with Crippen molar-refractivity contribution in [2.24, 2.45) is 0 Å². The van der Waals surface area contributed by atoms with Gasteiger partial charge in [-0.25, -0.2) is 0 Å². The molecule has 0 aliphatic heterocycles. The molecule has 32 heavy (non-hydrogen) atoms. The highest BCUT2D eigenvalue weighted by atomic mass is 35.5. The number of aromatic nitrogens is 3. The van der Waals surface area contributed by atoms with Crippen LogP contribution in [0.5, 0.6) is 0 Å². The standard InChI is InChI=1S/C18H9ClF6N2.C4H5N/c19-15-9-14(10-1-5-12(6-2-10)17(20,21)22)16(27-26-15)11-3-7-13(8-4-11)18(23,24)25;1-2-4-5-3-1/h1-9H;1-5H. The quantitative estimate of drug-likeness (QED) is 0.308. The van der Waals surface area contributed by atoms with Crippen molar-refractivity contribution < 1.29 is 26.3 Å². The summed E-state index contributed by atoms with van der Waals surface area (Å²) in [4.78, 5) is 2.86. The Morgan fingerprint density at radius 2 is 1.12 bits per heavy atom. The largest absolute Gasteiger partial charge is 0.416 e. The Hall–Kier alpha value is -3.33. The molecule has 0 radical (unpaired) electrons. The molecule has 1 N–H and O–H groups in total. The number of H-pyrrole nitrogens is 1. The third kappa shape index (κ3) is 5.88. The van der Waals surface area contributed by atoms with Gasteiger partial charge in [0, 0.05) is 23.5 Å². The van der Waals surface area contributed by atoms with Crippen molar-refractivity contribution in [3.8, 4) is 22.4 Å². The molecule has 3 nitrogen and oxygen atoms in total. The second kappa shape index (κ2) is 9.44. The molecule has 0 atom stereocenters. The van der Waals surface area contributed by atoms with Crippen molar-refractivity contribution >= 4 is 11.6 Å². The van der Waals surface area contributed by atoms with Crippen molar-refractivity contribution in [2.45, 2.75) is 12.4 Å². The van der Waals surface area contributed by atoms with Gasteiger partial charge in [0.1, 0.15) is 5.69 Å². The van der Waals surface area contributed by atoms with Gasteiger partial charge in [0.2, 0.25) is 0 Å². The fourth-order valence-electron chi connectivity index (χ4n) is 2.73. The number of halogens is 7. The Morgan fingerprint density at radius 1 is 0.656 bits per heavy atom. The first-order valence-corrected chi connectivity index (χ1v) is 9.40. The first-order valence-electron chi connectivity index (χ1n) is 9.02. The number of hydrogen-bond acceptors (Lipinski definition) is 2. The lowest BCUT2D eigenvalue weighted by Crippen LogP contribution is -2.04. The Kier molecular flexibility index (Phi) is 6.88. The van der Waals surface area contributed by atoms with Crippen LogP contribution in [0.2, 0.25) is 5.15 Å². The SMILES string of the molecule is FC(F)(F)c1ccc(-c2cc(Cl)nnc2-c2ccc(C(F)(F)F)cc2)cc1.c1cc[nH]c1. The van der Waals surface area contributed by atoms with E-state index in [0.717, 1.165) is 24.3 Å². The summed E-state index contributed by atoms with van der Waals surface area (Å²) in [6.07, 6.45) is -5.22. The first-order chi connectivity index (χ1) is 15.1. The molecule has 4 aromatic rings. The zero-order chi connectivity index (χ0) is 23.4.